The molecule has 1 heterocycles. The summed E-state index contributed by atoms with van der Waals surface area (Å²) in [7, 11) is -3.41. The van der Waals surface area contributed by atoms with E-state index >= 15 is 0 Å². The van der Waals surface area contributed by atoms with Crippen LogP contribution in [-0.2, 0) is 10.0 Å². The van der Waals surface area contributed by atoms with Gasteiger partial charge >= 0.3 is 0 Å². The van der Waals surface area contributed by atoms with Gasteiger partial charge in [-0.15, -0.1) is 11.3 Å². The van der Waals surface area contributed by atoms with E-state index in [1.54, 1.807) is 0 Å². The molecule has 0 bridgehead atoms. The van der Waals surface area contributed by atoms with Gasteiger partial charge in [0.25, 0.3) is 0 Å². The van der Waals surface area contributed by atoms with Crippen molar-refractivity contribution < 1.29 is 17.2 Å². The highest BCUT2D eigenvalue weighted by Gasteiger charge is 2.13. The Morgan fingerprint density at radius 3 is 2.74 bits per heavy atom. The number of aromatic nitrogens is 1. The van der Waals surface area contributed by atoms with E-state index in [1.807, 2.05) is 0 Å². The molecule has 0 amide bonds. The second kappa shape index (κ2) is 5.22. The van der Waals surface area contributed by atoms with E-state index in [0.29, 0.717) is 0 Å². The fourth-order valence-corrected chi connectivity index (χ4v) is 2.93. The van der Waals surface area contributed by atoms with Crippen molar-refractivity contribution in [2.24, 2.45) is 0 Å². The van der Waals surface area contributed by atoms with Crippen molar-refractivity contribution in [2.45, 2.75) is 6.92 Å². The number of anilines is 1. The lowest BCUT2D eigenvalue weighted by molar-refractivity contribution is 0.585. The van der Waals surface area contributed by atoms with Gasteiger partial charge in [-0.1, -0.05) is 0 Å². The zero-order chi connectivity index (χ0) is 14.0. The molecular formula is C11H10F2N2O2S2. The van der Waals surface area contributed by atoms with Crippen LogP contribution in [-0.4, -0.2) is 19.2 Å². The van der Waals surface area contributed by atoms with E-state index in [9.17, 15) is 17.2 Å². The van der Waals surface area contributed by atoms with Gasteiger partial charge in [-0.2, -0.15) is 0 Å². The summed E-state index contributed by atoms with van der Waals surface area (Å²) in [4.78, 5) is 3.97. The highest BCUT2D eigenvalue weighted by atomic mass is 32.2. The molecule has 8 heteroatoms. The molecule has 0 aliphatic heterocycles. The maximum absolute atomic E-state index is 13.5. The Bertz CT molecular complexity index is 698. The molecule has 0 unspecified atom stereocenters. The van der Waals surface area contributed by atoms with Gasteiger partial charge in [-0.3, -0.25) is 4.72 Å². The summed E-state index contributed by atoms with van der Waals surface area (Å²) in [6.07, 6.45) is 0. The SMILES string of the molecule is CCS(=O)(=O)Nc1nc(-c2ccc(F)cc2F)cs1. The number of sulfonamides is 1. The van der Waals surface area contributed by atoms with E-state index in [-0.39, 0.29) is 22.1 Å². The summed E-state index contributed by atoms with van der Waals surface area (Å²) in [5.74, 6) is -1.49. The Morgan fingerprint density at radius 2 is 2.11 bits per heavy atom. The van der Waals surface area contributed by atoms with Gasteiger partial charge in [0.05, 0.1) is 11.4 Å². The molecule has 0 aliphatic carbocycles. The van der Waals surface area contributed by atoms with E-state index in [1.165, 1.54) is 18.4 Å². The molecule has 2 aromatic rings. The topological polar surface area (TPSA) is 59.1 Å². The normalized spacial score (nSPS) is 11.5. The van der Waals surface area contributed by atoms with Crippen LogP contribution >= 0.6 is 11.3 Å². The van der Waals surface area contributed by atoms with Gasteiger partial charge in [-0.25, -0.2) is 22.2 Å². The first-order valence-corrected chi connectivity index (χ1v) is 7.86. The third-order valence-electron chi connectivity index (χ3n) is 2.33. The quantitative estimate of drug-likeness (QED) is 0.945. The molecular weight excluding hydrogens is 294 g/mol. The fraction of sp³-hybridized carbons (Fsp3) is 0.182. The molecule has 0 fully saturated rings. The Labute approximate surface area is 113 Å². The number of hydrogen-bond acceptors (Lipinski definition) is 4. The van der Waals surface area contributed by atoms with Gasteiger partial charge in [0, 0.05) is 17.0 Å². The van der Waals surface area contributed by atoms with Crippen molar-refractivity contribution in [3.8, 4) is 11.3 Å². The van der Waals surface area contributed by atoms with E-state index in [2.05, 4.69) is 9.71 Å². The molecule has 1 N–H and O–H groups in total. The van der Waals surface area contributed by atoms with Gasteiger partial charge in [0.2, 0.25) is 10.0 Å². The molecule has 1 aromatic carbocycles. The molecule has 1 aromatic heterocycles. The molecule has 0 saturated carbocycles. The Morgan fingerprint density at radius 1 is 1.37 bits per heavy atom. The number of thiazole rings is 1. The van der Waals surface area contributed by atoms with E-state index in [4.69, 9.17) is 0 Å². The Kier molecular flexibility index (Phi) is 3.81. The van der Waals surface area contributed by atoms with Crippen LogP contribution in [0, 0.1) is 11.6 Å². The van der Waals surface area contributed by atoms with Crippen molar-refractivity contribution in [2.75, 3.05) is 10.5 Å². The average molecular weight is 304 g/mol. The van der Waals surface area contributed by atoms with Crippen LogP contribution in [0.1, 0.15) is 6.92 Å². The van der Waals surface area contributed by atoms with Crippen LogP contribution in [0.3, 0.4) is 0 Å². The largest absolute Gasteiger partial charge is 0.259 e. The van der Waals surface area contributed by atoms with Crippen LogP contribution in [0.5, 0.6) is 0 Å². The number of hydrogen-bond donors (Lipinski definition) is 1. The minimum Gasteiger partial charge on any atom is -0.259 e. The van der Waals surface area contributed by atoms with Crippen LogP contribution in [0.25, 0.3) is 11.3 Å². The standard InChI is InChI=1S/C11H10F2N2O2S2/c1-2-19(16,17)15-11-14-10(6-18-11)8-4-3-7(12)5-9(8)13/h3-6H,2H2,1H3,(H,14,15). The summed E-state index contributed by atoms with van der Waals surface area (Å²) in [6.45, 7) is 1.50. The first-order chi connectivity index (χ1) is 8.91. The molecule has 19 heavy (non-hydrogen) atoms. The van der Waals surface area contributed by atoms with Crippen molar-refractivity contribution in [3.63, 3.8) is 0 Å². The lowest BCUT2D eigenvalue weighted by Crippen LogP contribution is -2.14. The smallest absolute Gasteiger partial charge is 0.234 e. The van der Waals surface area contributed by atoms with Gasteiger partial charge < -0.3 is 0 Å². The summed E-state index contributed by atoms with van der Waals surface area (Å²) in [5.41, 5.74) is 0.385. The van der Waals surface area contributed by atoms with E-state index < -0.39 is 21.7 Å². The molecule has 2 rings (SSSR count). The van der Waals surface area contributed by atoms with Crippen LogP contribution in [0.2, 0.25) is 0 Å². The van der Waals surface area contributed by atoms with E-state index in [0.717, 1.165) is 23.5 Å². The minimum absolute atomic E-state index is 0.0766. The summed E-state index contributed by atoms with van der Waals surface area (Å²) in [6, 6.07) is 3.13. The second-order valence-corrected chi connectivity index (χ2v) is 6.54. The summed E-state index contributed by atoms with van der Waals surface area (Å²) < 4.78 is 51.3. The Hall–Kier alpha value is -1.54. The number of halogens is 2. The number of nitrogens with zero attached hydrogens (tertiary/aromatic N) is 1. The number of nitrogens with one attached hydrogen (secondary N) is 1. The Balaban J connectivity index is 2.31. The molecule has 0 radical (unpaired) electrons. The monoisotopic (exact) mass is 304 g/mol. The maximum atomic E-state index is 13.5. The summed E-state index contributed by atoms with van der Waals surface area (Å²) >= 11 is 1.04. The molecule has 4 nitrogen and oxygen atoms in total. The number of rotatable bonds is 4. The van der Waals surface area contributed by atoms with Crippen molar-refractivity contribution in [3.05, 3.63) is 35.2 Å². The predicted molar refractivity (Wildman–Crippen MR) is 70.5 cm³/mol. The van der Waals surface area contributed by atoms with Crippen molar-refractivity contribution >= 4 is 26.5 Å². The fourth-order valence-electron chi connectivity index (χ4n) is 1.35. The lowest BCUT2D eigenvalue weighted by Gasteiger charge is -2.01. The van der Waals surface area contributed by atoms with Crippen molar-refractivity contribution in [1.29, 1.82) is 0 Å². The molecule has 0 saturated heterocycles. The predicted octanol–water partition coefficient (Wildman–Crippen LogP) is 2.85. The number of benzene rings is 1. The molecule has 102 valence electrons. The third-order valence-corrected chi connectivity index (χ3v) is 4.49. The second-order valence-electron chi connectivity index (χ2n) is 3.67. The molecule has 0 aliphatic rings. The van der Waals surface area contributed by atoms with Gasteiger partial charge in [0.15, 0.2) is 5.13 Å². The molecule has 0 atom stereocenters. The lowest BCUT2D eigenvalue weighted by atomic mass is 10.1. The highest BCUT2D eigenvalue weighted by Crippen LogP contribution is 2.27. The summed E-state index contributed by atoms with van der Waals surface area (Å²) in [5, 5.41) is 1.66. The zero-order valence-corrected chi connectivity index (χ0v) is 11.5. The van der Waals surface area contributed by atoms with Gasteiger partial charge in [0.1, 0.15) is 11.6 Å². The van der Waals surface area contributed by atoms with Crippen molar-refractivity contribution in [1.82, 2.24) is 4.98 Å². The maximum Gasteiger partial charge on any atom is 0.234 e. The third kappa shape index (κ3) is 3.27. The van der Waals surface area contributed by atoms with Gasteiger partial charge in [-0.05, 0) is 19.1 Å². The highest BCUT2D eigenvalue weighted by molar-refractivity contribution is 7.92. The van der Waals surface area contributed by atoms with Crippen LogP contribution < -0.4 is 4.72 Å². The average Bonchev–Trinajstić information content (AvgIpc) is 2.76. The minimum atomic E-state index is -3.41. The van der Waals surface area contributed by atoms with Crippen LogP contribution in [0.15, 0.2) is 23.6 Å². The zero-order valence-electron chi connectivity index (χ0n) is 9.85. The van der Waals surface area contributed by atoms with Crippen LogP contribution in [0.4, 0.5) is 13.9 Å². The first kappa shape index (κ1) is 13.9. The first-order valence-electron chi connectivity index (χ1n) is 5.32. The molecule has 0 spiro atoms.